The van der Waals surface area contributed by atoms with Crippen LogP contribution < -0.4 is 5.32 Å². The van der Waals surface area contributed by atoms with Crippen LogP contribution >= 0.6 is 27.3 Å². The second-order valence-corrected chi connectivity index (χ2v) is 8.24. The maximum Gasteiger partial charge on any atom is 0.248 e. The van der Waals surface area contributed by atoms with Crippen molar-refractivity contribution < 1.29 is 9.59 Å². The van der Waals surface area contributed by atoms with Crippen LogP contribution in [-0.2, 0) is 9.59 Å². The van der Waals surface area contributed by atoms with Gasteiger partial charge in [-0.25, -0.2) is 4.98 Å². The molecule has 1 N–H and O–H groups in total. The zero-order valence-corrected chi connectivity index (χ0v) is 15.9. The van der Waals surface area contributed by atoms with Crippen molar-refractivity contribution in [1.29, 1.82) is 0 Å². The molecule has 2 amide bonds. The number of hydrogen-bond acceptors (Lipinski definition) is 4. The van der Waals surface area contributed by atoms with Gasteiger partial charge < -0.3 is 10.2 Å². The molecule has 1 aliphatic heterocycles. The standard InChI is InChI=1S/C18H18BrN3O2S/c19-14-5-2-1-4-11(14)12-10-13(12)17(24)22-8-3-6-15(22)16(23)21-18-20-7-9-25-18/h1-2,4-5,7,9,12-13,15H,3,6,8,10H2,(H,20,21,23)/t12-,13-,15-/m0/s1. The molecular formula is C18H18BrN3O2S. The molecule has 1 saturated heterocycles. The van der Waals surface area contributed by atoms with E-state index in [0.717, 1.165) is 23.7 Å². The lowest BCUT2D eigenvalue weighted by Gasteiger charge is -2.24. The third-order valence-electron chi connectivity index (χ3n) is 4.91. The minimum absolute atomic E-state index is 0.00744. The second-order valence-electron chi connectivity index (χ2n) is 6.49. The average molecular weight is 420 g/mol. The third kappa shape index (κ3) is 3.35. The summed E-state index contributed by atoms with van der Waals surface area (Å²) < 4.78 is 1.05. The van der Waals surface area contributed by atoms with Gasteiger partial charge in [-0.3, -0.25) is 9.59 Å². The van der Waals surface area contributed by atoms with Gasteiger partial charge in [0.25, 0.3) is 0 Å². The normalized spacial score (nSPS) is 25.0. The van der Waals surface area contributed by atoms with E-state index in [1.807, 2.05) is 23.6 Å². The van der Waals surface area contributed by atoms with E-state index in [9.17, 15) is 9.59 Å². The first-order valence-corrected chi connectivity index (χ1v) is 10.1. The summed E-state index contributed by atoms with van der Waals surface area (Å²) in [5.74, 6) is 0.231. The van der Waals surface area contributed by atoms with Crippen molar-refractivity contribution in [3.05, 3.63) is 45.9 Å². The predicted molar refractivity (Wildman–Crippen MR) is 100 cm³/mol. The Morgan fingerprint density at radius 3 is 2.92 bits per heavy atom. The molecule has 130 valence electrons. The van der Waals surface area contributed by atoms with Crippen molar-refractivity contribution in [3.8, 4) is 0 Å². The Morgan fingerprint density at radius 2 is 2.16 bits per heavy atom. The Labute approximate surface area is 158 Å². The summed E-state index contributed by atoms with van der Waals surface area (Å²) in [5, 5.41) is 5.23. The largest absolute Gasteiger partial charge is 0.330 e. The Kier molecular flexibility index (Phi) is 4.60. The number of nitrogens with zero attached hydrogens (tertiary/aromatic N) is 2. The van der Waals surface area contributed by atoms with Crippen molar-refractivity contribution in [1.82, 2.24) is 9.88 Å². The molecule has 1 saturated carbocycles. The number of amides is 2. The first-order valence-electron chi connectivity index (χ1n) is 8.40. The van der Waals surface area contributed by atoms with Crippen molar-refractivity contribution >= 4 is 44.2 Å². The first-order chi connectivity index (χ1) is 12.1. The van der Waals surface area contributed by atoms with E-state index in [-0.39, 0.29) is 29.7 Å². The molecule has 0 unspecified atom stereocenters. The predicted octanol–water partition coefficient (Wildman–Crippen LogP) is 3.64. The number of rotatable bonds is 4. The van der Waals surface area contributed by atoms with E-state index in [2.05, 4.69) is 32.3 Å². The number of hydrogen-bond donors (Lipinski definition) is 1. The summed E-state index contributed by atoms with van der Waals surface area (Å²) in [7, 11) is 0. The van der Waals surface area contributed by atoms with E-state index < -0.39 is 0 Å². The molecule has 2 aliphatic rings. The number of benzene rings is 1. The number of likely N-dealkylation sites (tertiary alicyclic amines) is 1. The van der Waals surface area contributed by atoms with Gasteiger partial charge in [-0.15, -0.1) is 11.3 Å². The Hall–Kier alpha value is -1.73. The number of carbonyl (C=O) groups is 2. The second kappa shape index (κ2) is 6.88. The summed E-state index contributed by atoms with van der Waals surface area (Å²) in [4.78, 5) is 31.3. The van der Waals surface area contributed by atoms with Crippen molar-refractivity contribution in [3.63, 3.8) is 0 Å². The molecular weight excluding hydrogens is 402 g/mol. The van der Waals surface area contributed by atoms with Crippen LogP contribution in [0.2, 0.25) is 0 Å². The summed E-state index contributed by atoms with van der Waals surface area (Å²) in [6.07, 6.45) is 4.10. The van der Waals surface area contributed by atoms with Crippen LogP contribution in [-0.4, -0.2) is 34.3 Å². The molecule has 4 rings (SSSR count). The van der Waals surface area contributed by atoms with E-state index >= 15 is 0 Å². The average Bonchev–Trinajstić information content (AvgIpc) is 2.99. The van der Waals surface area contributed by atoms with Crippen LogP contribution in [0, 0.1) is 5.92 Å². The van der Waals surface area contributed by atoms with Crippen LogP contribution in [0.1, 0.15) is 30.7 Å². The molecule has 3 atom stereocenters. The molecule has 1 aromatic carbocycles. The van der Waals surface area contributed by atoms with Gasteiger partial charge in [0.15, 0.2) is 5.13 Å². The molecule has 7 heteroatoms. The Bertz CT molecular complexity index is 795. The number of nitrogens with one attached hydrogen (secondary N) is 1. The minimum Gasteiger partial charge on any atom is -0.330 e. The highest BCUT2D eigenvalue weighted by atomic mass is 79.9. The highest BCUT2D eigenvalue weighted by Crippen LogP contribution is 2.51. The lowest BCUT2D eigenvalue weighted by atomic mass is 10.1. The van der Waals surface area contributed by atoms with Crippen molar-refractivity contribution in [2.75, 3.05) is 11.9 Å². The van der Waals surface area contributed by atoms with Gasteiger partial charge in [0.2, 0.25) is 11.8 Å². The lowest BCUT2D eigenvalue weighted by Crippen LogP contribution is -2.44. The molecule has 25 heavy (non-hydrogen) atoms. The van der Waals surface area contributed by atoms with E-state index in [0.29, 0.717) is 11.7 Å². The Morgan fingerprint density at radius 1 is 1.32 bits per heavy atom. The SMILES string of the molecule is O=C(Nc1nccs1)[C@@H]1CCCN1C(=O)[C@H]1C[C@H]1c1ccccc1Br. The maximum atomic E-state index is 12.9. The van der Waals surface area contributed by atoms with Gasteiger partial charge in [0.05, 0.1) is 0 Å². The third-order valence-corrected chi connectivity index (χ3v) is 6.32. The van der Waals surface area contributed by atoms with Crippen LogP contribution in [0.15, 0.2) is 40.3 Å². The number of carbonyl (C=O) groups excluding carboxylic acids is 2. The monoisotopic (exact) mass is 419 g/mol. The van der Waals surface area contributed by atoms with Crippen LogP contribution in [0.3, 0.4) is 0 Å². The molecule has 1 aromatic heterocycles. The summed E-state index contributed by atoms with van der Waals surface area (Å²) >= 11 is 4.96. The number of aromatic nitrogens is 1. The fourth-order valence-corrected chi connectivity index (χ4v) is 4.69. The van der Waals surface area contributed by atoms with E-state index in [4.69, 9.17) is 0 Å². The summed E-state index contributed by atoms with van der Waals surface area (Å²) in [6.45, 7) is 0.661. The molecule has 0 radical (unpaired) electrons. The van der Waals surface area contributed by atoms with E-state index in [1.54, 1.807) is 11.1 Å². The van der Waals surface area contributed by atoms with Gasteiger partial charge in [0.1, 0.15) is 6.04 Å². The number of halogens is 1. The Balaban J connectivity index is 1.43. The van der Waals surface area contributed by atoms with Crippen LogP contribution in [0.5, 0.6) is 0 Å². The zero-order chi connectivity index (χ0) is 17.4. The van der Waals surface area contributed by atoms with Gasteiger partial charge in [-0.2, -0.15) is 0 Å². The maximum absolute atomic E-state index is 12.9. The van der Waals surface area contributed by atoms with Gasteiger partial charge >= 0.3 is 0 Å². The molecule has 0 bridgehead atoms. The van der Waals surface area contributed by atoms with Gasteiger partial charge in [-0.05, 0) is 36.8 Å². The number of thiazole rings is 1. The molecule has 1 aliphatic carbocycles. The van der Waals surface area contributed by atoms with Crippen molar-refractivity contribution in [2.24, 2.45) is 5.92 Å². The first kappa shape index (κ1) is 16.7. The quantitative estimate of drug-likeness (QED) is 0.822. The smallest absolute Gasteiger partial charge is 0.248 e. The fourth-order valence-electron chi connectivity index (χ4n) is 3.58. The molecule has 0 spiro atoms. The van der Waals surface area contributed by atoms with Gasteiger partial charge in [0, 0.05) is 28.5 Å². The highest BCUT2D eigenvalue weighted by Gasteiger charge is 2.49. The topological polar surface area (TPSA) is 62.3 Å². The molecule has 5 nitrogen and oxygen atoms in total. The van der Waals surface area contributed by atoms with Gasteiger partial charge in [-0.1, -0.05) is 34.1 Å². The summed E-state index contributed by atoms with van der Waals surface area (Å²) in [5.41, 5.74) is 1.18. The lowest BCUT2D eigenvalue weighted by molar-refractivity contribution is -0.137. The zero-order valence-electron chi connectivity index (χ0n) is 13.5. The van der Waals surface area contributed by atoms with Crippen LogP contribution in [0.25, 0.3) is 0 Å². The summed E-state index contributed by atoms with van der Waals surface area (Å²) in [6, 6.07) is 7.68. The van der Waals surface area contributed by atoms with Crippen LogP contribution in [0.4, 0.5) is 5.13 Å². The fraction of sp³-hybridized carbons (Fsp3) is 0.389. The van der Waals surface area contributed by atoms with E-state index in [1.165, 1.54) is 16.9 Å². The molecule has 2 aromatic rings. The van der Waals surface area contributed by atoms with Crippen molar-refractivity contribution in [2.45, 2.75) is 31.2 Å². The minimum atomic E-state index is -0.378. The highest BCUT2D eigenvalue weighted by molar-refractivity contribution is 9.10. The molecule has 2 fully saturated rings. The molecule has 2 heterocycles. The number of anilines is 1.